The SMILES string of the molecule is CC[C@H](C)NC(=O)CSc1nc2ccccc2c(=O)n1CCCC(=O)NC[C@H]1CCCO1. The number of para-hydroxylation sites is 1. The maximum Gasteiger partial charge on any atom is 0.262 e. The molecule has 1 aliphatic heterocycles. The van der Waals surface area contributed by atoms with E-state index in [0.717, 1.165) is 25.9 Å². The summed E-state index contributed by atoms with van der Waals surface area (Å²) in [7, 11) is 0. The second kappa shape index (κ2) is 12.0. The first-order chi connectivity index (χ1) is 15.5. The van der Waals surface area contributed by atoms with Gasteiger partial charge in [-0.3, -0.25) is 19.0 Å². The molecule has 174 valence electrons. The van der Waals surface area contributed by atoms with Gasteiger partial charge in [0.15, 0.2) is 5.16 Å². The van der Waals surface area contributed by atoms with Gasteiger partial charge in [0.25, 0.3) is 5.56 Å². The van der Waals surface area contributed by atoms with Crippen molar-refractivity contribution in [3.63, 3.8) is 0 Å². The predicted octanol–water partition coefficient (Wildman–Crippen LogP) is 2.48. The fourth-order valence-corrected chi connectivity index (χ4v) is 4.36. The molecule has 1 aromatic heterocycles. The maximum atomic E-state index is 13.1. The number of rotatable bonds is 11. The van der Waals surface area contributed by atoms with Crippen LogP contribution in [-0.4, -0.2) is 52.4 Å². The van der Waals surface area contributed by atoms with Gasteiger partial charge in [0, 0.05) is 32.2 Å². The molecule has 1 saturated heterocycles. The fraction of sp³-hybridized carbons (Fsp3) is 0.565. The molecule has 2 atom stereocenters. The van der Waals surface area contributed by atoms with Gasteiger partial charge in [-0.1, -0.05) is 30.8 Å². The molecule has 0 spiro atoms. The van der Waals surface area contributed by atoms with Crippen molar-refractivity contribution in [2.24, 2.45) is 0 Å². The van der Waals surface area contributed by atoms with E-state index in [2.05, 4.69) is 15.6 Å². The van der Waals surface area contributed by atoms with E-state index in [4.69, 9.17) is 4.74 Å². The smallest absolute Gasteiger partial charge is 0.262 e. The lowest BCUT2D eigenvalue weighted by molar-refractivity contribution is -0.122. The van der Waals surface area contributed by atoms with Gasteiger partial charge in [-0.15, -0.1) is 0 Å². The molecule has 2 amide bonds. The topological polar surface area (TPSA) is 102 Å². The molecule has 1 aromatic carbocycles. The van der Waals surface area contributed by atoms with Crippen molar-refractivity contribution < 1.29 is 14.3 Å². The van der Waals surface area contributed by atoms with E-state index in [-0.39, 0.29) is 35.3 Å². The minimum Gasteiger partial charge on any atom is -0.376 e. The molecule has 9 heteroatoms. The first-order valence-corrected chi connectivity index (χ1v) is 12.3. The molecule has 2 heterocycles. The Kier molecular flexibility index (Phi) is 9.11. The first-order valence-electron chi connectivity index (χ1n) is 11.3. The molecule has 0 aliphatic carbocycles. The van der Waals surface area contributed by atoms with E-state index in [0.29, 0.717) is 42.0 Å². The zero-order chi connectivity index (χ0) is 22.9. The van der Waals surface area contributed by atoms with Gasteiger partial charge in [0.05, 0.1) is 22.8 Å². The Labute approximate surface area is 192 Å². The Morgan fingerprint density at radius 2 is 2.12 bits per heavy atom. The van der Waals surface area contributed by atoms with Crippen molar-refractivity contribution in [3.05, 3.63) is 34.6 Å². The molecule has 2 N–H and O–H groups in total. The van der Waals surface area contributed by atoms with Gasteiger partial charge in [-0.25, -0.2) is 4.98 Å². The Morgan fingerprint density at radius 1 is 1.31 bits per heavy atom. The summed E-state index contributed by atoms with van der Waals surface area (Å²) in [6, 6.07) is 7.29. The summed E-state index contributed by atoms with van der Waals surface area (Å²) in [4.78, 5) is 42.1. The van der Waals surface area contributed by atoms with E-state index in [9.17, 15) is 14.4 Å². The highest BCUT2D eigenvalue weighted by Gasteiger charge is 2.17. The number of nitrogens with one attached hydrogen (secondary N) is 2. The Balaban J connectivity index is 1.64. The van der Waals surface area contributed by atoms with Crippen LogP contribution in [0.4, 0.5) is 0 Å². The first kappa shape index (κ1) is 24.3. The van der Waals surface area contributed by atoms with Crippen molar-refractivity contribution in [2.45, 2.75) is 69.8 Å². The van der Waals surface area contributed by atoms with E-state index in [1.807, 2.05) is 19.9 Å². The van der Waals surface area contributed by atoms with Crippen molar-refractivity contribution in [3.8, 4) is 0 Å². The number of carbonyl (C=O) groups excluding carboxylic acids is 2. The molecule has 0 radical (unpaired) electrons. The average Bonchev–Trinajstić information content (AvgIpc) is 3.31. The third-order valence-electron chi connectivity index (χ3n) is 5.52. The molecule has 1 fully saturated rings. The fourth-order valence-electron chi connectivity index (χ4n) is 3.52. The Bertz CT molecular complexity index is 988. The van der Waals surface area contributed by atoms with Crippen LogP contribution in [-0.2, 0) is 20.9 Å². The van der Waals surface area contributed by atoms with Gasteiger partial charge in [0.2, 0.25) is 11.8 Å². The van der Waals surface area contributed by atoms with Crippen LogP contribution in [0.5, 0.6) is 0 Å². The van der Waals surface area contributed by atoms with Crippen LogP contribution < -0.4 is 16.2 Å². The van der Waals surface area contributed by atoms with Gasteiger partial charge in [0.1, 0.15) is 0 Å². The molecule has 0 saturated carbocycles. The van der Waals surface area contributed by atoms with E-state index in [1.165, 1.54) is 11.8 Å². The number of nitrogens with zero attached hydrogens (tertiary/aromatic N) is 2. The minimum atomic E-state index is -0.153. The zero-order valence-corrected chi connectivity index (χ0v) is 19.6. The molecule has 0 bridgehead atoms. The number of amides is 2. The van der Waals surface area contributed by atoms with Crippen LogP contribution >= 0.6 is 11.8 Å². The Hall–Kier alpha value is -2.39. The number of aromatic nitrogens is 2. The van der Waals surface area contributed by atoms with E-state index < -0.39 is 0 Å². The summed E-state index contributed by atoms with van der Waals surface area (Å²) < 4.78 is 7.10. The van der Waals surface area contributed by atoms with E-state index in [1.54, 1.807) is 22.8 Å². The lowest BCUT2D eigenvalue weighted by Gasteiger charge is -2.15. The average molecular weight is 461 g/mol. The van der Waals surface area contributed by atoms with Crippen molar-refractivity contribution in [2.75, 3.05) is 18.9 Å². The van der Waals surface area contributed by atoms with Crippen LogP contribution in [0.1, 0.15) is 46.0 Å². The lowest BCUT2D eigenvalue weighted by Crippen LogP contribution is -2.33. The number of carbonyl (C=O) groups is 2. The highest BCUT2D eigenvalue weighted by molar-refractivity contribution is 7.99. The number of hydrogen-bond donors (Lipinski definition) is 2. The molecular formula is C23H32N4O4S. The number of fused-ring (bicyclic) bond motifs is 1. The van der Waals surface area contributed by atoms with Crippen LogP contribution in [0.3, 0.4) is 0 Å². The van der Waals surface area contributed by atoms with Gasteiger partial charge in [-0.05, 0) is 44.7 Å². The zero-order valence-electron chi connectivity index (χ0n) is 18.8. The largest absolute Gasteiger partial charge is 0.376 e. The molecule has 8 nitrogen and oxygen atoms in total. The Morgan fingerprint density at radius 3 is 2.88 bits per heavy atom. The summed E-state index contributed by atoms with van der Waals surface area (Å²) in [5.74, 6) is 0.0352. The third-order valence-corrected chi connectivity index (χ3v) is 6.49. The summed E-state index contributed by atoms with van der Waals surface area (Å²) in [6.45, 7) is 5.62. The van der Waals surface area contributed by atoms with Gasteiger partial charge < -0.3 is 15.4 Å². The van der Waals surface area contributed by atoms with E-state index >= 15 is 0 Å². The normalized spacial score (nSPS) is 16.8. The quantitative estimate of drug-likeness (QED) is 0.395. The molecule has 3 rings (SSSR count). The predicted molar refractivity (Wildman–Crippen MR) is 126 cm³/mol. The van der Waals surface area contributed by atoms with Crippen LogP contribution in [0.25, 0.3) is 10.9 Å². The molecule has 32 heavy (non-hydrogen) atoms. The van der Waals surface area contributed by atoms with Crippen molar-refractivity contribution >= 4 is 34.5 Å². The van der Waals surface area contributed by atoms with Crippen LogP contribution in [0.2, 0.25) is 0 Å². The number of benzene rings is 1. The second-order valence-electron chi connectivity index (χ2n) is 8.08. The highest BCUT2D eigenvalue weighted by Crippen LogP contribution is 2.18. The monoisotopic (exact) mass is 460 g/mol. The summed E-state index contributed by atoms with van der Waals surface area (Å²) in [5, 5.41) is 6.86. The minimum absolute atomic E-state index is 0.0515. The molecule has 1 aliphatic rings. The van der Waals surface area contributed by atoms with Crippen LogP contribution in [0, 0.1) is 0 Å². The second-order valence-corrected chi connectivity index (χ2v) is 9.02. The van der Waals surface area contributed by atoms with Gasteiger partial charge >= 0.3 is 0 Å². The lowest BCUT2D eigenvalue weighted by atomic mass is 10.2. The summed E-state index contributed by atoms with van der Waals surface area (Å²) >= 11 is 1.25. The third kappa shape index (κ3) is 6.80. The molecular weight excluding hydrogens is 428 g/mol. The van der Waals surface area contributed by atoms with Crippen molar-refractivity contribution in [1.82, 2.24) is 20.2 Å². The maximum absolute atomic E-state index is 13.1. The standard InChI is InChI=1S/C23H32N4O4S/c1-3-16(2)25-21(29)15-32-23-26-19-10-5-4-9-18(19)22(30)27(23)12-6-11-20(28)24-14-17-8-7-13-31-17/h4-5,9-10,16-17H,3,6-8,11-15H2,1-2H3,(H,24,28)(H,25,29)/t16-,17+/m0/s1. The summed E-state index contributed by atoms with van der Waals surface area (Å²) in [5.41, 5.74) is 0.452. The van der Waals surface area contributed by atoms with Crippen molar-refractivity contribution in [1.29, 1.82) is 0 Å². The number of thioether (sulfide) groups is 1. The van der Waals surface area contributed by atoms with Gasteiger partial charge in [-0.2, -0.15) is 0 Å². The molecule has 2 aromatic rings. The highest BCUT2D eigenvalue weighted by atomic mass is 32.2. The molecule has 0 unspecified atom stereocenters. The summed E-state index contributed by atoms with van der Waals surface area (Å²) in [6.07, 6.45) is 3.78. The number of ether oxygens (including phenoxy) is 1. The van der Waals surface area contributed by atoms with Crippen LogP contribution in [0.15, 0.2) is 34.2 Å². The number of hydrogen-bond acceptors (Lipinski definition) is 6.